The Morgan fingerprint density at radius 1 is 0.743 bits per heavy atom. The summed E-state index contributed by atoms with van der Waals surface area (Å²) < 4.78 is 11.4. The third-order valence-corrected chi connectivity index (χ3v) is 6.55. The average molecular weight is 481 g/mol. The van der Waals surface area contributed by atoms with Crippen molar-refractivity contribution >= 4 is 5.97 Å². The number of carbonyl (C=O) groups is 1. The fourth-order valence-electron chi connectivity index (χ4n) is 4.27. The van der Waals surface area contributed by atoms with Gasteiger partial charge in [0.25, 0.3) is 0 Å². The lowest BCUT2D eigenvalue weighted by atomic mass is 9.97. The van der Waals surface area contributed by atoms with Crippen molar-refractivity contribution in [2.45, 2.75) is 105 Å². The molecule has 0 amide bonds. The topological polar surface area (TPSA) is 35.5 Å². The highest BCUT2D eigenvalue weighted by Gasteiger charge is 2.11. The molecule has 0 heterocycles. The highest BCUT2D eigenvalue weighted by molar-refractivity contribution is 5.69. The van der Waals surface area contributed by atoms with Crippen molar-refractivity contribution in [2.24, 2.45) is 11.8 Å². The van der Waals surface area contributed by atoms with E-state index >= 15 is 0 Å². The molecule has 2 aromatic rings. The van der Waals surface area contributed by atoms with Gasteiger partial charge in [-0.25, -0.2) is 0 Å². The zero-order valence-corrected chi connectivity index (χ0v) is 22.7. The van der Waals surface area contributed by atoms with E-state index in [0.717, 1.165) is 47.8 Å². The number of benzene rings is 2. The summed E-state index contributed by atoms with van der Waals surface area (Å²) in [6.07, 6.45) is 13.1. The van der Waals surface area contributed by atoms with Gasteiger partial charge < -0.3 is 9.47 Å². The third-order valence-electron chi connectivity index (χ3n) is 6.55. The van der Waals surface area contributed by atoms with Crippen molar-refractivity contribution in [1.82, 2.24) is 0 Å². The Labute approximate surface area is 214 Å². The lowest BCUT2D eigenvalue weighted by molar-refractivity contribution is -0.146. The highest BCUT2D eigenvalue weighted by Crippen LogP contribution is 2.23. The van der Waals surface area contributed by atoms with Crippen molar-refractivity contribution < 1.29 is 14.3 Å². The Hall–Kier alpha value is -2.29. The van der Waals surface area contributed by atoms with Crippen LogP contribution in [0.15, 0.2) is 48.5 Å². The van der Waals surface area contributed by atoms with Gasteiger partial charge >= 0.3 is 5.97 Å². The molecule has 0 aliphatic carbocycles. The molecule has 0 saturated carbocycles. The summed E-state index contributed by atoms with van der Waals surface area (Å²) in [6, 6.07) is 16.6. The van der Waals surface area contributed by atoms with Gasteiger partial charge in [-0.2, -0.15) is 0 Å². The summed E-state index contributed by atoms with van der Waals surface area (Å²) in [5.74, 6) is 1.94. The summed E-state index contributed by atoms with van der Waals surface area (Å²) in [4.78, 5) is 12.2. The van der Waals surface area contributed by atoms with Crippen LogP contribution < -0.4 is 4.74 Å². The predicted molar refractivity (Wildman–Crippen MR) is 148 cm³/mol. The monoisotopic (exact) mass is 480 g/mol. The highest BCUT2D eigenvalue weighted by atomic mass is 16.5. The van der Waals surface area contributed by atoms with Gasteiger partial charge in [-0.05, 0) is 47.1 Å². The lowest BCUT2D eigenvalue weighted by Crippen LogP contribution is -2.10. The van der Waals surface area contributed by atoms with E-state index in [1.807, 2.05) is 12.1 Å². The van der Waals surface area contributed by atoms with Crippen molar-refractivity contribution in [3.8, 4) is 16.9 Å². The standard InChI is InChI=1S/C32H48O3/c1-5-6-7-8-9-10-11-23-34-31-21-19-30(20-22-31)29-17-15-28(16-18-29)25-35-32(33)24-27(4)14-12-13-26(2)3/h15-22,26-27H,5-14,23-25H2,1-4H3/t27-/m0/s1. The van der Waals surface area contributed by atoms with E-state index in [-0.39, 0.29) is 5.97 Å². The van der Waals surface area contributed by atoms with Crippen LogP contribution in [0.1, 0.15) is 104 Å². The van der Waals surface area contributed by atoms with Gasteiger partial charge in [-0.1, -0.05) is 122 Å². The number of hydrogen-bond acceptors (Lipinski definition) is 3. The van der Waals surface area contributed by atoms with Crippen LogP contribution in [-0.4, -0.2) is 12.6 Å². The molecule has 35 heavy (non-hydrogen) atoms. The SMILES string of the molecule is CCCCCCCCCOc1ccc(-c2ccc(COC(=O)C[C@@H](C)CCCC(C)C)cc2)cc1. The second-order valence-electron chi connectivity index (χ2n) is 10.5. The van der Waals surface area contributed by atoms with E-state index in [9.17, 15) is 4.79 Å². The summed E-state index contributed by atoms with van der Waals surface area (Å²) in [7, 11) is 0. The molecule has 2 aromatic carbocycles. The Morgan fingerprint density at radius 3 is 1.97 bits per heavy atom. The number of rotatable bonds is 18. The first-order chi connectivity index (χ1) is 17.0. The molecular formula is C32H48O3. The van der Waals surface area contributed by atoms with Crippen molar-refractivity contribution in [2.75, 3.05) is 6.61 Å². The van der Waals surface area contributed by atoms with Crippen LogP contribution in [0.4, 0.5) is 0 Å². The molecule has 0 saturated heterocycles. The summed E-state index contributed by atoms with van der Waals surface area (Å²) >= 11 is 0. The van der Waals surface area contributed by atoms with E-state index < -0.39 is 0 Å². The first-order valence-corrected chi connectivity index (χ1v) is 14.0. The van der Waals surface area contributed by atoms with Gasteiger partial charge in [0.15, 0.2) is 0 Å². The molecule has 1 atom stereocenters. The van der Waals surface area contributed by atoms with Crippen LogP contribution in [0.2, 0.25) is 0 Å². The van der Waals surface area contributed by atoms with Crippen LogP contribution in [0.25, 0.3) is 11.1 Å². The molecule has 3 nitrogen and oxygen atoms in total. The molecule has 0 radical (unpaired) electrons. The molecule has 0 aliphatic rings. The van der Waals surface area contributed by atoms with Gasteiger partial charge in [0, 0.05) is 6.42 Å². The van der Waals surface area contributed by atoms with E-state index in [4.69, 9.17) is 9.47 Å². The van der Waals surface area contributed by atoms with Crippen molar-refractivity contribution in [3.63, 3.8) is 0 Å². The van der Waals surface area contributed by atoms with Crippen LogP contribution in [0.5, 0.6) is 5.75 Å². The summed E-state index contributed by atoms with van der Waals surface area (Å²) in [5, 5.41) is 0. The second-order valence-corrected chi connectivity index (χ2v) is 10.5. The molecule has 0 aromatic heterocycles. The number of carbonyl (C=O) groups excluding carboxylic acids is 1. The Morgan fingerprint density at radius 2 is 1.34 bits per heavy atom. The lowest BCUT2D eigenvalue weighted by Gasteiger charge is -2.12. The van der Waals surface area contributed by atoms with Gasteiger partial charge in [0.2, 0.25) is 0 Å². The Kier molecular flexibility index (Phi) is 14.2. The number of ether oxygens (including phenoxy) is 2. The first-order valence-electron chi connectivity index (χ1n) is 14.0. The van der Waals surface area contributed by atoms with E-state index in [1.165, 1.54) is 51.4 Å². The largest absolute Gasteiger partial charge is 0.494 e. The van der Waals surface area contributed by atoms with E-state index in [1.54, 1.807) is 0 Å². The van der Waals surface area contributed by atoms with Crippen LogP contribution >= 0.6 is 0 Å². The van der Waals surface area contributed by atoms with Crippen molar-refractivity contribution in [1.29, 1.82) is 0 Å². The minimum Gasteiger partial charge on any atom is -0.494 e. The maximum Gasteiger partial charge on any atom is 0.306 e. The maximum atomic E-state index is 12.2. The fraction of sp³-hybridized carbons (Fsp3) is 0.594. The van der Waals surface area contributed by atoms with Crippen LogP contribution in [-0.2, 0) is 16.1 Å². The van der Waals surface area contributed by atoms with Gasteiger partial charge in [0.05, 0.1) is 6.61 Å². The van der Waals surface area contributed by atoms with Crippen LogP contribution in [0.3, 0.4) is 0 Å². The molecule has 194 valence electrons. The normalized spacial score (nSPS) is 12.0. The molecule has 0 fully saturated rings. The second kappa shape index (κ2) is 17.2. The van der Waals surface area contributed by atoms with Crippen molar-refractivity contribution in [3.05, 3.63) is 54.1 Å². The maximum absolute atomic E-state index is 12.2. The predicted octanol–water partition coefficient (Wildman–Crippen LogP) is 9.38. The minimum atomic E-state index is -0.0989. The molecule has 2 rings (SSSR count). The zero-order chi connectivity index (χ0) is 25.3. The van der Waals surface area contributed by atoms with Gasteiger partial charge in [-0.15, -0.1) is 0 Å². The Bertz CT molecular complexity index is 808. The number of hydrogen-bond donors (Lipinski definition) is 0. The molecule has 0 unspecified atom stereocenters. The van der Waals surface area contributed by atoms with Gasteiger partial charge in [-0.3, -0.25) is 4.79 Å². The minimum absolute atomic E-state index is 0.0989. The average Bonchev–Trinajstić information content (AvgIpc) is 2.85. The number of esters is 1. The van der Waals surface area contributed by atoms with E-state index in [0.29, 0.717) is 18.9 Å². The molecule has 0 aliphatic heterocycles. The Balaban J connectivity index is 1.67. The smallest absolute Gasteiger partial charge is 0.306 e. The summed E-state index contributed by atoms with van der Waals surface area (Å²) in [5.41, 5.74) is 3.33. The third kappa shape index (κ3) is 12.8. The molecule has 0 bridgehead atoms. The molecule has 3 heteroatoms. The van der Waals surface area contributed by atoms with Gasteiger partial charge in [0.1, 0.15) is 12.4 Å². The van der Waals surface area contributed by atoms with Crippen LogP contribution in [0, 0.1) is 11.8 Å². The molecular weight excluding hydrogens is 432 g/mol. The fourth-order valence-corrected chi connectivity index (χ4v) is 4.27. The molecule has 0 N–H and O–H groups in total. The number of unbranched alkanes of at least 4 members (excludes halogenated alkanes) is 6. The molecule has 0 spiro atoms. The zero-order valence-electron chi connectivity index (χ0n) is 22.7. The summed E-state index contributed by atoms with van der Waals surface area (Å²) in [6.45, 7) is 10.0. The van der Waals surface area contributed by atoms with E-state index in [2.05, 4.69) is 64.1 Å². The first kappa shape index (κ1) is 28.9. The quantitative estimate of drug-likeness (QED) is 0.157.